The Hall–Kier alpha value is -2.73. The SMILES string of the molecule is Cc1c(C(=O)N[C@@H](C(N)=O)c2ccccc2)sc2cccc(F)c12. The molecule has 0 unspecified atom stereocenters. The van der Waals surface area contributed by atoms with Crippen LogP contribution in [0.3, 0.4) is 0 Å². The minimum absolute atomic E-state index is 0.366. The number of nitrogens with one attached hydrogen (secondary N) is 1. The molecule has 24 heavy (non-hydrogen) atoms. The average Bonchev–Trinajstić information content (AvgIpc) is 2.91. The first-order chi connectivity index (χ1) is 11.5. The van der Waals surface area contributed by atoms with Crippen LogP contribution in [0.15, 0.2) is 48.5 Å². The highest BCUT2D eigenvalue weighted by Crippen LogP contribution is 2.32. The van der Waals surface area contributed by atoms with Crippen molar-refractivity contribution in [2.75, 3.05) is 0 Å². The van der Waals surface area contributed by atoms with E-state index in [1.807, 2.05) is 6.07 Å². The Morgan fingerprint density at radius 2 is 1.83 bits per heavy atom. The molecule has 3 N–H and O–H groups in total. The first-order valence-electron chi connectivity index (χ1n) is 7.31. The maximum absolute atomic E-state index is 14.0. The van der Waals surface area contributed by atoms with Crippen LogP contribution in [0.4, 0.5) is 4.39 Å². The van der Waals surface area contributed by atoms with Crippen LogP contribution in [0.1, 0.15) is 26.8 Å². The second-order valence-corrected chi connectivity index (χ2v) is 6.44. The van der Waals surface area contributed by atoms with E-state index in [2.05, 4.69) is 5.32 Å². The highest BCUT2D eigenvalue weighted by atomic mass is 32.1. The molecule has 2 aromatic carbocycles. The van der Waals surface area contributed by atoms with Gasteiger partial charge in [0.2, 0.25) is 5.91 Å². The largest absolute Gasteiger partial charge is 0.368 e. The maximum atomic E-state index is 14.0. The van der Waals surface area contributed by atoms with E-state index >= 15 is 0 Å². The van der Waals surface area contributed by atoms with Crippen LogP contribution < -0.4 is 11.1 Å². The van der Waals surface area contributed by atoms with Gasteiger partial charge < -0.3 is 11.1 Å². The molecule has 2 amide bonds. The summed E-state index contributed by atoms with van der Waals surface area (Å²) in [7, 11) is 0. The van der Waals surface area contributed by atoms with Crippen molar-refractivity contribution in [2.24, 2.45) is 5.73 Å². The van der Waals surface area contributed by atoms with Gasteiger partial charge in [0.15, 0.2) is 0 Å². The minimum Gasteiger partial charge on any atom is -0.368 e. The second kappa shape index (κ2) is 6.41. The van der Waals surface area contributed by atoms with Gasteiger partial charge in [0.1, 0.15) is 11.9 Å². The smallest absolute Gasteiger partial charge is 0.262 e. The van der Waals surface area contributed by atoms with Crippen molar-refractivity contribution in [1.82, 2.24) is 5.32 Å². The number of primary amides is 1. The van der Waals surface area contributed by atoms with Gasteiger partial charge in [-0.1, -0.05) is 36.4 Å². The molecule has 0 fully saturated rings. The van der Waals surface area contributed by atoms with E-state index in [0.717, 1.165) is 0 Å². The van der Waals surface area contributed by atoms with E-state index in [0.29, 0.717) is 26.1 Å². The van der Waals surface area contributed by atoms with Gasteiger partial charge in [-0.05, 0) is 30.2 Å². The molecule has 6 heteroatoms. The molecule has 0 spiro atoms. The second-order valence-electron chi connectivity index (χ2n) is 5.39. The average molecular weight is 342 g/mol. The predicted molar refractivity (Wildman–Crippen MR) is 92.4 cm³/mol. The van der Waals surface area contributed by atoms with Crippen LogP contribution in [0.5, 0.6) is 0 Å². The number of halogens is 1. The maximum Gasteiger partial charge on any atom is 0.262 e. The molecule has 4 nitrogen and oxygen atoms in total. The Morgan fingerprint density at radius 1 is 1.12 bits per heavy atom. The Bertz CT molecular complexity index is 921. The lowest BCUT2D eigenvalue weighted by molar-refractivity contribution is -0.120. The number of hydrogen-bond acceptors (Lipinski definition) is 3. The highest BCUT2D eigenvalue weighted by molar-refractivity contribution is 7.21. The zero-order valence-corrected chi connectivity index (χ0v) is 13.7. The van der Waals surface area contributed by atoms with Gasteiger partial charge in [0.05, 0.1) is 4.88 Å². The lowest BCUT2D eigenvalue weighted by Gasteiger charge is -2.15. The van der Waals surface area contributed by atoms with Crippen molar-refractivity contribution in [3.8, 4) is 0 Å². The molecular weight excluding hydrogens is 327 g/mol. The molecule has 0 aliphatic carbocycles. The molecule has 0 saturated heterocycles. The van der Waals surface area contributed by atoms with E-state index in [-0.39, 0.29) is 5.82 Å². The Labute approximate surface area is 142 Å². The van der Waals surface area contributed by atoms with Crippen molar-refractivity contribution < 1.29 is 14.0 Å². The van der Waals surface area contributed by atoms with Gasteiger partial charge in [0.25, 0.3) is 5.91 Å². The van der Waals surface area contributed by atoms with Gasteiger partial charge in [0, 0.05) is 10.1 Å². The zero-order valence-electron chi connectivity index (χ0n) is 12.9. The third-order valence-electron chi connectivity index (χ3n) is 3.80. The summed E-state index contributed by atoms with van der Waals surface area (Å²) in [4.78, 5) is 24.7. The van der Waals surface area contributed by atoms with Crippen molar-refractivity contribution >= 4 is 33.2 Å². The normalized spacial score (nSPS) is 12.1. The van der Waals surface area contributed by atoms with Crippen LogP contribution in [0, 0.1) is 12.7 Å². The Balaban J connectivity index is 1.96. The monoisotopic (exact) mass is 342 g/mol. The summed E-state index contributed by atoms with van der Waals surface area (Å²) in [6.45, 7) is 1.69. The fourth-order valence-electron chi connectivity index (χ4n) is 2.63. The standard InChI is InChI=1S/C18H15FN2O2S/c1-10-14-12(19)8-5-9-13(14)24-16(10)18(23)21-15(17(20)22)11-6-3-2-4-7-11/h2-9,15H,1H3,(H2,20,22)(H,21,23)/t15-/m1/s1. The highest BCUT2D eigenvalue weighted by Gasteiger charge is 2.24. The summed E-state index contributed by atoms with van der Waals surface area (Å²) >= 11 is 1.19. The van der Waals surface area contributed by atoms with Crippen LogP contribution in [0.2, 0.25) is 0 Å². The van der Waals surface area contributed by atoms with Gasteiger partial charge in [-0.15, -0.1) is 11.3 Å². The molecule has 0 radical (unpaired) electrons. The summed E-state index contributed by atoms with van der Waals surface area (Å²) in [6, 6.07) is 12.5. The van der Waals surface area contributed by atoms with E-state index in [1.165, 1.54) is 17.4 Å². The van der Waals surface area contributed by atoms with Crippen molar-refractivity contribution in [3.63, 3.8) is 0 Å². The molecule has 1 heterocycles. The Kier molecular flexibility index (Phi) is 4.31. The number of nitrogens with two attached hydrogens (primary N) is 1. The molecule has 0 aliphatic rings. The summed E-state index contributed by atoms with van der Waals surface area (Å²) in [5.74, 6) is -1.46. The number of rotatable bonds is 4. The number of amides is 2. The quantitative estimate of drug-likeness (QED) is 0.763. The van der Waals surface area contributed by atoms with Gasteiger partial charge in [-0.3, -0.25) is 9.59 Å². The molecule has 0 aliphatic heterocycles. The molecular formula is C18H15FN2O2S. The number of benzene rings is 2. The number of aryl methyl sites for hydroxylation is 1. The van der Waals surface area contributed by atoms with Crippen molar-refractivity contribution in [2.45, 2.75) is 13.0 Å². The first kappa shape index (κ1) is 16.1. The number of hydrogen-bond donors (Lipinski definition) is 2. The van der Waals surface area contributed by atoms with Crippen LogP contribution in [-0.4, -0.2) is 11.8 Å². The van der Waals surface area contributed by atoms with Gasteiger partial charge in [-0.25, -0.2) is 4.39 Å². The zero-order chi connectivity index (χ0) is 17.3. The van der Waals surface area contributed by atoms with Crippen LogP contribution >= 0.6 is 11.3 Å². The first-order valence-corrected chi connectivity index (χ1v) is 8.13. The molecule has 0 saturated carbocycles. The summed E-state index contributed by atoms with van der Waals surface area (Å²) < 4.78 is 14.7. The molecule has 0 bridgehead atoms. The van der Waals surface area contributed by atoms with Gasteiger partial charge in [-0.2, -0.15) is 0 Å². The fraction of sp³-hybridized carbons (Fsp3) is 0.111. The van der Waals surface area contributed by atoms with Crippen LogP contribution in [0.25, 0.3) is 10.1 Å². The van der Waals surface area contributed by atoms with Crippen LogP contribution in [-0.2, 0) is 4.79 Å². The molecule has 3 rings (SSSR count). The Morgan fingerprint density at radius 3 is 2.46 bits per heavy atom. The molecule has 1 aromatic heterocycles. The predicted octanol–water partition coefficient (Wildman–Crippen LogP) is 3.31. The molecule has 3 aromatic rings. The van der Waals surface area contributed by atoms with E-state index < -0.39 is 17.9 Å². The number of carbonyl (C=O) groups is 2. The van der Waals surface area contributed by atoms with Crippen molar-refractivity contribution in [3.05, 3.63) is 70.4 Å². The number of carbonyl (C=O) groups excluding carboxylic acids is 2. The third-order valence-corrected chi connectivity index (χ3v) is 5.06. The third kappa shape index (κ3) is 2.88. The topological polar surface area (TPSA) is 72.2 Å². The molecule has 122 valence electrons. The van der Waals surface area contributed by atoms with Crippen molar-refractivity contribution in [1.29, 1.82) is 0 Å². The van der Waals surface area contributed by atoms with E-state index in [1.54, 1.807) is 43.3 Å². The summed E-state index contributed by atoms with van der Waals surface area (Å²) in [5, 5.41) is 3.08. The van der Waals surface area contributed by atoms with Gasteiger partial charge >= 0.3 is 0 Å². The lowest BCUT2D eigenvalue weighted by atomic mass is 10.1. The van der Waals surface area contributed by atoms with E-state index in [9.17, 15) is 14.0 Å². The number of thiophene rings is 1. The summed E-state index contributed by atoms with van der Waals surface area (Å²) in [6.07, 6.45) is 0. The minimum atomic E-state index is -0.937. The van der Waals surface area contributed by atoms with E-state index in [4.69, 9.17) is 5.73 Å². The molecule has 1 atom stereocenters. The number of fused-ring (bicyclic) bond motifs is 1. The lowest BCUT2D eigenvalue weighted by Crippen LogP contribution is -2.37. The fourth-order valence-corrected chi connectivity index (χ4v) is 3.76. The summed E-state index contributed by atoms with van der Waals surface area (Å²) in [5.41, 5.74) is 6.58.